The van der Waals surface area contributed by atoms with Crippen LogP contribution in [0.25, 0.3) is 0 Å². The zero-order valence-electron chi connectivity index (χ0n) is 13.4. The van der Waals surface area contributed by atoms with Gasteiger partial charge in [-0.1, -0.05) is 18.2 Å². The van der Waals surface area contributed by atoms with E-state index in [9.17, 15) is 9.59 Å². The minimum Gasteiger partial charge on any atom is -0.355 e. The number of amides is 3. The lowest BCUT2D eigenvalue weighted by Gasteiger charge is -2.32. The molecule has 2 rings (SSSR count). The van der Waals surface area contributed by atoms with Crippen molar-refractivity contribution in [3.63, 3.8) is 0 Å². The first-order valence-corrected chi connectivity index (χ1v) is 7.74. The third kappa shape index (κ3) is 6.08. The number of carbonyl (C=O) groups excluding carboxylic acids is 2. The summed E-state index contributed by atoms with van der Waals surface area (Å²) in [5.74, 6) is -0.0837. The summed E-state index contributed by atoms with van der Waals surface area (Å²) in [6, 6.07) is 9.22. The maximum atomic E-state index is 12.3. The molecule has 6 nitrogen and oxygen atoms in total. The molecule has 0 aliphatic carbocycles. The summed E-state index contributed by atoms with van der Waals surface area (Å²) < 4.78 is 0. The highest BCUT2D eigenvalue weighted by Gasteiger charge is 2.28. The van der Waals surface area contributed by atoms with Crippen LogP contribution in [0.5, 0.6) is 0 Å². The molecule has 3 amide bonds. The molecule has 1 aromatic rings. The smallest absolute Gasteiger partial charge is 0.321 e. The van der Waals surface area contributed by atoms with Crippen LogP contribution in [0.4, 0.5) is 10.5 Å². The van der Waals surface area contributed by atoms with Crippen LogP contribution in [-0.4, -0.2) is 50.1 Å². The number of hydrogen-bond acceptors (Lipinski definition) is 3. The second kappa shape index (κ2) is 10.1. The average molecular weight is 341 g/mol. The topological polar surface area (TPSA) is 73.5 Å². The number of halogens is 1. The molecular weight excluding hydrogens is 316 g/mol. The van der Waals surface area contributed by atoms with Crippen LogP contribution in [0, 0.1) is 5.92 Å². The number of rotatable bonds is 5. The highest BCUT2D eigenvalue weighted by atomic mass is 35.5. The number of urea groups is 1. The lowest BCUT2D eigenvalue weighted by Crippen LogP contribution is -2.47. The van der Waals surface area contributed by atoms with Gasteiger partial charge in [0, 0.05) is 31.9 Å². The van der Waals surface area contributed by atoms with Crippen LogP contribution in [-0.2, 0) is 4.79 Å². The molecule has 3 N–H and O–H groups in total. The molecule has 1 aliphatic heterocycles. The van der Waals surface area contributed by atoms with Gasteiger partial charge in [0.25, 0.3) is 0 Å². The lowest BCUT2D eigenvalue weighted by atomic mass is 9.97. The molecule has 7 heteroatoms. The molecule has 23 heavy (non-hydrogen) atoms. The predicted molar refractivity (Wildman–Crippen MR) is 93.9 cm³/mol. The van der Waals surface area contributed by atoms with E-state index >= 15 is 0 Å². The largest absolute Gasteiger partial charge is 0.355 e. The molecule has 1 unspecified atom stereocenters. The Kier molecular flexibility index (Phi) is 8.43. The minimum absolute atomic E-state index is 0. The van der Waals surface area contributed by atoms with Gasteiger partial charge in [0.2, 0.25) is 5.91 Å². The molecule has 0 bridgehead atoms. The molecular formula is C16H25ClN4O2. The number of piperidine rings is 1. The molecule has 128 valence electrons. The second-order valence-corrected chi connectivity index (χ2v) is 5.48. The van der Waals surface area contributed by atoms with Crippen LogP contribution in [0.3, 0.4) is 0 Å². The van der Waals surface area contributed by atoms with E-state index in [1.165, 1.54) is 0 Å². The van der Waals surface area contributed by atoms with E-state index in [0.29, 0.717) is 19.6 Å². The molecule has 1 fully saturated rings. The van der Waals surface area contributed by atoms with Gasteiger partial charge in [-0.05, 0) is 32.0 Å². The Balaban J connectivity index is 0.00000264. The fourth-order valence-corrected chi connectivity index (χ4v) is 2.55. The van der Waals surface area contributed by atoms with E-state index in [-0.39, 0.29) is 30.3 Å². The maximum absolute atomic E-state index is 12.3. The van der Waals surface area contributed by atoms with Crippen LogP contribution >= 0.6 is 12.4 Å². The fourth-order valence-electron chi connectivity index (χ4n) is 2.55. The molecule has 0 aromatic heterocycles. The third-order valence-corrected chi connectivity index (χ3v) is 3.78. The number of nitrogens with one attached hydrogen (secondary N) is 3. The Morgan fingerprint density at radius 3 is 2.65 bits per heavy atom. The molecule has 1 saturated heterocycles. The van der Waals surface area contributed by atoms with Crippen molar-refractivity contribution in [1.29, 1.82) is 0 Å². The number of anilines is 1. The number of likely N-dealkylation sites (N-methyl/N-ethyl adjacent to an activating group) is 1. The fraction of sp³-hybridized carbons (Fsp3) is 0.500. The third-order valence-electron chi connectivity index (χ3n) is 3.78. The zero-order chi connectivity index (χ0) is 15.8. The molecule has 0 radical (unpaired) electrons. The van der Waals surface area contributed by atoms with Gasteiger partial charge in [-0.2, -0.15) is 0 Å². The van der Waals surface area contributed by atoms with Gasteiger partial charge in [-0.25, -0.2) is 4.79 Å². The Morgan fingerprint density at radius 1 is 1.22 bits per heavy atom. The Morgan fingerprint density at radius 2 is 1.96 bits per heavy atom. The monoisotopic (exact) mass is 340 g/mol. The number of nitrogens with zero attached hydrogens (tertiary/aromatic N) is 1. The van der Waals surface area contributed by atoms with Crippen LogP contribution in [0.2, 0.25) is 0 Å². The van der Waals surface area contributed by atoms with E-state index in [2.05, 4.69) is 16.0 Å². The van der Waals surface area contributed by atoms with Crippen LogP contribution in [0.1, 0.15) is 12.8 Å². The SMILES string of the molecule is CNCCNC(=O)C1CCCN(C(=O)Nc2ccccc2)C1.Cl. The Labute approximate surface area is 143 Å². The molecule has 0 spiro atoms. The quantitative estimate of drug-likeness (QED) is 0.714. The standard InChI is InChI=1S/C16H24N4O2.ClH/c1-17-9-10-18-15(21)13-6-5-11-20(12-13)16(22)19-14-7-3-2-4-8-14;/h2-4,7-8,13,17H,5-6,9-12H2,1H3,(H,18,21)(H,19,22);1H. The van der Waals surface area contributed by atoms with E-state index in [1.54, 1.807) is 4.90 Å². The summed E-state index contributed by atoms with van der Waals surface area (Å²) in [6.45, 7) is 2.53. The summed E-state index contributed by atoms with van der Waals surface area (Å²) in [5.41, 5.74) is 0.771. The number of carbonyl (C=O) groups is 2. The molecule has 1 aromatic carbocycles. The summed E-state index contributed by atoms with van der Waals surface area (Å²) in [4.78, 5) is 26.1. The number of likely N-dealkylation sites (tertiary alicyclic amines) is 1. The molecule has 1 heterocycles. The van der Waals surface area contributed by atoms with E-state index < -0.39 is 0 Å². The van der Waals surface area contributed by atoms with Gasteiger partial charge in [-0.3, -0.25) is 4.79 Å². The van der Waals surface area contributed by atoms with Gasteiger partial charge >= 0.3 is 6.03 Å². The number of hydrogen-bond donors (Lipinski definition) is 3. The first-order valence-electron chi connectivity index (χ1n) is 7.74. The second-order valence-electron chi connectivity index (χ2n) is 5.48. The van der Waals surface area contributed by atoms with Crippen molar-refractivity contribution in [2.45, 2.75) is 12.8 Å². The summed E-state index contributed by atoms with van der Waals surface area (Å²) in [6.07, 6.45) is 1.69. The van der Waals surface area contributed by atoms with Gasteiger partial charge in [0.15, 0.2) is 0 Å². The van der Waals surface area contributed by atoms with Gasteiger partial charge in [-0.15, -0.1) is 12.4 Å². The highest BCUT2D eigenvalue weighted by molar-refractivity contribution is 5.90. The van der Waals surface area contributed by atoms with Crippen LogP contribution < -0.4 is 16.0 Å². The predicted octanol–water partition coefficient (Wildman–Crippen LogP) is 1.69. The first-order chi connectivity index (χ1) is 10.7. The summed E-state index contributed by atoms with van der Waals surface area (Å²) in [7, 11) is 1.85. The lowest BCUT2D eigenvalue weighted by molar-refractivity contribution is -0.126. The van der Waals surface area contributed by atoms with Crippen molar-refractivity contribution in [3.05, 3.63) is 30.3 Å². The zero-order valence-corrected chi connectivity index (χ0v) is 14.2. The van der Waals surface area contributed by atoms with Gasteiger partial charge in [0.1, 0.15) is 0 Å². The minimum atomic E-state index is -0.140. The van der Waals surface area contributed by atoms with Gasteiger partial charge < -0.3 is 20.9 Å². The molecule has 0 saturated carbocycles. The first kappa shape index (κ1) is 19.3. The number of para-hydroxylation sites is 1. The molecule has 1 aliphatic rings. The van der Waals surface area contributed by atoms with E-state index in [4.69, 9.17) is 0 Å². The van der Waals surface area contributed by atoms with E-state index in [0.717, 1.165) is 25.1 Å². The number of benzene rings is 1. The average Bonchev–Trinajstić information content (AvgIpc) is 2.56. The highest BCUT2D eigenvalue weighted by Crippen LogP contribution is 2.18. The van der Waals surface area contributed by atoms with Crippen molar-refractivity contribution < 1.29 is 9.59 Å². The maximum Gasteiger partial charge on any atom is 0.321 e. The van der Waals surface area contributed by atoms with E-state index in [1.807, 2.05) is 37.4 Å². The van der Waals surface area contributed by atoms with Crippen molar-refractivity contribution in [1.82, 2.24) is 15.5 Å². The normalized spacial score (nSPS) is 17.1. The summed E-state index contributed by atoms with van der Waals surface area (Å²) >= 11 is 0. The van der Waals surface area contributed by atoms with Crippen molar-refractivity contribution >= 4 is 30.0 Å². The summed E-state index contributed by atoms with van der Waals surface area (Å²) in [5, 5.41) is 8.76. The Bertz CT molecular complexity index is 498. The van der Waals surface area contributed by atoms with Gasteiger partial charge in [0.05, 0.1) is 5.92 Å². The van der Waals surface area contributed by atoms with Crippen molar-refractivity contribution in [2.75, 3.05) is 38.5 Å². The Hall–Kier alpha value is -1.79. The van der Waals surface area contributed by atoms with Crippen LogP contribution in [0.15, 0.2) is 30.3 Å². The van der Waals surface area contributed by atoms with Crippen molar-refractivity contribution in [2.24, 2.45) is 5.92 Å². The van der Waals surface area contributed by atoms with Crippen molar-refractivity contribution in [3.8, 4) is 0 Å². The molecule has 1 atom stereocenters.